The average molecular weight is 307 g/mol. The van der Waals surface area contributed by atoms with Crippen LogP contribution in [0.25, 0.3) is 0 Å². The maximum Gasteiger partial charge on any atom is 0.0518 e. The molecule has 2 heteroatoms. The summed E-state index contributed by atoms with van der Waals surface area (Å²) < 4.78 is 2.08. The van der Waals surface area contributed by atoms with E-state index in [2.05, 4.69) is 29.8 Å². The van der Waals surface area contributed by atoms with Crippen LogP contribution in [-0.2, 0) is 6.54 Å². The molecule has 128 valence electrons. The minimum absolute atomic E-state index is 1.09. The van der Waals surface area contributed by atoms with E-state index in [1.807, 2.05) is 6.20 Å². The third-order valence-electron chi connectivity index (χ3n) is 4.50. The van der Waals surface area contributed by atoms with Gasteiger partial charge >= 0.3 is 0 Å². The topological polar surface area (TPSA) is 17.8 Å². The first-order valence-electron chi connectivity index (χ1n) is 9.82. The van der Waals surface area contributed by atoms with Crippen molar-refractivity contribution in [3.63, 3.8) is 0 Å². The standard InChI is InChI=1S/C20H38N2/c1-3-4-5-6-7-8-9-10-11-12-13-14-15-16-17-22-19-20(2)18-21-22/h18-19H,3-17H2,1-2H3. The second-order valence-corrected chi connectivity index (χ2v) is 6.88. The van der Waals surface area contributed by atoms with Gasteiger partial charge in [-0.25, -0.2) is 0 Å². The molecule has 0 saturated carbocycles. The molecule has 1 aromatic rings. The molecule has 0 atom stereocenters. The van der Waals surface area contributed by atoms with Gasteiger partial charge in [0.2, 0.25) is 0 Å². The summed E-state index contributed by atoms with van der Waals surface area (Å²) in [5.74, 6) is 0. The molecule has 2 nitrogen and oxygen atoms in total. The van der Waals surface area contributed by atoms with Crippen LogP contribution in [0.5, 0.6) is 0 Å². The van der Waals surface area contributed by atoms with Gasteiger partial charge in [-0.3, -0.25) is 4.68 Å². The predicted molar refractivity (Wildman–Crippen MR) is 97.3 cm³/mol. The summed E-state index contributed by atoms with van der Waals surface area (Å²) in [6.07, 6.45) is 24.0. The Balaban J connectivity index is 1.73. The Kier molecular flexibility index (Phi) is 12.1. The van der Waals surface area contributed by atoms with Crippen LogP contribution in [0.3, 0.4) is 0 Å². The van der Waals surface area contributed by atoms with Gasteiger partial charge in [-0.1, -0.05) is 90.4 Å². The zero-order chi connectivity index (χ0) is 15.9. The van der Waals surface area contributed by atoms with Gasteiger partial charge < -0.3 is 0 Å². The first-order chi connectivity index (χ1) is 10.8. The number of aryl methyl sites for hydroxylation is 2. The van der Waals surface area contributed by atoms with Crippen LogP contribution in [0.4, 0.5) is 0 Å². The van der Waals surface area contributed by atoms with E-state index in [0.717, 1.165) is 6.54 Å². The van der Waals surface area contributed by atoms with Crippen LogP contribution in [0.15, 0.2) is 12.4 Å². The molecule has 0 N–H and O–H groups in total. The average Bonchev–Trinajstić information content (AvgIpc) is 2.93. The highest BCUT2D eigenvalue weighted by atomic mass is 15.3. The van der Waals surface area contributed by atoms with Gasteiger partial charge in [0, 0.05) is 12.7 Å². The number of hydrogen-bond donors (Lipinski definition) is 0. The Morgan fingerprint density at radius 1 is 0.727 bits per heavy atom. The number of rotatable bonds is 15. The fraction of sp³-hybridized carbons (Fsp3) is 0.850. The molecule has 0 spiro atoms. The van der Waals surface area contributed by atoms with Gasteiger partial charge in [0.15, 0.2) is 0 Å². The molecule has 0 aliphatic rings. The van der Waals surface area contributed by atoms with Crippen molar-refractivity contribution in [2.45, 2.75) is 110 Å². The van der Waals surface area contributed by atoms with Crippen LogP contribution < -0.4 is 0 Å². The van der Waals surface area contributed by atoms with E-state index in [-0.39, 0.29) is 0 Å². The Labute approximate surface area is 138 Å². The van der Waals surface area contributed by atoms with E-state index in [0.29, 0.717) is 0 Å². The first kappa shape index (κ1) is 19.3. The van der Waals surface area contributed by atoms with Gasteiger partial charge in [-0.05, 0) is 18.9 Å². The number of nitrogens with zero attached hydrogens (tertiary/aromatic N) is 2. The third-order valence-corrected chi connectivity index (χ3v) is 4.50. The Morgan fingerprint density at radius 3 is 1.59 bits per heavy atom. The molecule has 0 amide bonds. The lowest BCUT2D eigenvalue weighted by atomic mass is 10.0. The smallest absolute Gasteiger partial charge is 0.0518 e. The summed E-state index contributed by atoms with van der Waals surface area (Å²) in [5, 5.41) is 4.33. The van der Waals surface area contributed by atoms with Gasteiger partial charge in [0.1, 0.15) is 0 Å². The lowest BCUT2D eigenvalue weighted by Crippen LogP contribution is -1.97. The quantitative estimate of drug-likeness (QED) is 0.331. The van der Waals surface area contributed by atoms with Crippen LogP contribution in [-0.4, -0.2) is 9.78 Å². The molecule has 1 aromatic heterocycles. The second kappa shape index (κ2) is 13.8. The maximum atomic E-state index is 4.33. The van der Waals surface area contributed by atoms with Gasteiger partial charge in [0.05, 0.1) is 6.20 Å². The first-order valence-corrected chi connectivity index (χ1v) is 9.82. The van der Waals surface area contributed by atoms with Gasteiger partial charge in [-0.15, -0.1) is 0 Å². The van der Waals surface area contributed by atoms with Crippen LogP contribution in [0.2, 0.25) is 0 Å². The molecule has 0 saturated heterocycles. The largest absolute Gasteiger partial charge is 0.272 e. The van der Waals surface area contributed by atoms with Crippen molar-refractivity contribution in [3.8, 4) is 0 Å². The molecule has 0 fully saturated rings. The normalized spacial score (nSPS) is 11.2. The second-order valence-electron chi connectivity index (χ2n) is 6.88. The zero-order valence-corrected chi connectivity index (χ0v) is 15.2. The zero-order valence-electron chi connectivity index (χ0n) is 15.2. The molecular formula is C20H38N2. The summed E-state index contributed by atoms with van der Waals surface area (Å²) in [6.45, 7) is 5.49. The molecule has 1 rings (SSSR count). The minimum atomic E-state index is 1.09. The number of hydrogen-bond acceptors (Lipinski definition) is 1. The van der Waals surface area contributed by atoms with E-state index >= 15 is 0 Å². The number of aromatic nitrogens is 2. The van der Waals surface area contributed by atoms with Crippen molar-refractivity contribution in [1.82, 2.24) is 9.78 Å². The monoisotopic (exact) mass is 306 g/mol. The lowest BCUT2D eigenvalue weighted by molar-refractivity contribution is 0.511. The van der Waals surface area contributed by atoms with Crippen molar-refractivity contribution < 1.29 is 0 Å². The van der Waals surface area contributed by atoms with Crippen LogP contribution >= 0.6 is 0 Å². The van der Waals surface area contributed by atoms with E-state index in [1.165, 1.54) is 95.5 Å². The fourth-order valence-corrected chi connectivity index (χ4v) is 3.06. The molecule has 0 radical (unpaired) electrons. The summed E-state index contributed by atoms with van der Waals surface area (Å²) in [4.78, 5) is 0. The molecule has 0 bridgehead atoms. The SMILES string of the molecule is CCCCCCCCCCCCCCCCn1cc(C)cn1. The molecular weight excluding hydrogens is 268 g/mol. The van der Waals surface area contributed by atoms with Gasteiger partial charge in [0.25, 0.3) is 0 Å². The summed E-state index contributed by atoms with van der Waals surface area (Å²) >= 11 is 0. The van der Waals surface area contributed by atoms with Crippen molar-refractivity contribution in [1.29, 1.82) is 0 Å². The molecule has 0 aliphatic carbocycles. The molecule has 0 aliphatic heterocycles. The van der Waals surface area contributed by atoms with Crippen molar-refractivity contribution in [2.24, 2.45) is 0 Å². The third kappa shape index (κ3) is 10.9. The van der Waals surface area contributed by atoms with Gasteiger partial charge in [-0.2, -0.15) is 5.10 Å². The summed E-state index contributed by atoms with van der Waals surface area (Å²) in [6, 6.07) is 0. The van der Waals surface area contributed by atoms with E-state index in [9.17, 15) is 0 Å². The van der Waals surface area contributed by atoms with E-state index < -0.39 is 0 Å². The highest BCUT2D eigenvalue weighted by molar-refractivity contribution is 4.99. The Bertz CT molecular complexity index is 343. The molecule has 0 unspecified atom stereocenters. The number of unbranched alkanes of at least 4 members (excludes halogenated alkanes) is 13. The molecule has 1 heterocycles. The van der Waals surface area contributed by atoms with Crippen molar-refractivity contribution in [2.75, 3.05) is 0 Å². The van der Waals surface area contributed by atoms with E-state index in [4.69, 9.17) is 0 Å². The molecule has 0 aromatic carbocycles. The lowest BCUT2D eigenvalue weighted by Gasteiger charge is -2.03. The Morgan fingerprint density at radius 2 is 1.18 bits per heavy atom. The van der Waals surface area contributed by atoms with Crippen molar-refractivity contribution in [3.05, 3.63) is 18.0 Å². The summed E-state index contributed by atoms with van der Waals surface area (Å²) in [7, 11) is 0. The van der Waals surface area contributed by atoms with Crippen LogP contribution in [0.1, 0.15) is 102 Å². The van der Waals surface area contributed by atoms with Crippen LogP contribution in [0, 0.1) is 6.92 Å². The highest BCUT2D eigenvalue weighted by Crippen LogP contribution is 2.13. The molecule has 22 heavy (non-hydrogen) atoms. The van der Waals surface area contributed by atoms with Crippen molar-refractivity contribution >= 4 is 0 Å². The summed E-state index contributed by atoms with van der Waals surface area (Å²) in [5.41, 5.74) is 1.27. The minimum Gasteiger partial charge on any atom is -0.272 e. The highest BCUT2D eigenvalue weighted by Gasteiger charge is 1.96. The van der Waals surface area contributed by atoms with E-state index in [1.54, 1.807) is 0 Å². The fourth-order valence-electron chi connectivity index (χ4n) is 3.06. The predicted octanol–water partition coefficient (Wildman–Crippen LogP) is 6.67. The maximum absolute atomic E-state index is 4.33. The Hall–Kier alpha value is -0.790.